The van der Waals surface area contributed by atoms with E-state index < -0.39 is 133 Å². The Hall–Kier alpha value is -7.05. The molecule has 8 amide bonds. The highest BCUT2D eigenvalue weighted by molar-refractivity contribution is 5.99. The van der Waals surface area contributed by atoms with Crippen LogP contribution < -0.4 is 48.7 Å². The third-order valence-corrected chi connectivity index (χ3v) is 11.2. The molecule has 25 nitrogen and oxygen atoms in total. The van der Waals surface area contributed by atoms with Gasteiger partial charge in [0.2, 0.25) is 47.3 Å². The zero-order valence-electron chi connectivity index (χ0n) is 38.9. The Morgan fingerprint density at radius 2 is 1.40 bits per heavy atom. The van der Waals surface area contributed by atoms with Crippen LogP contribution in [-0.2, 0) is 59.1 Å². The number of cyclic esters (lactones) is 1. The smallest absolute Gasteiger partial charge is 0.328 e. The average Bonchev–Trinajstić information content (AvgIpc) is 3.71. The number of phenolic OH excluding ortho intramolecular Hbond substituents is 1. The van der Waals surface area contributed by atoms with Gasteiger partial charge >= 0.3 is 11.9 Å². The van der Waals surface area contributed by atoms with Crippen LogP contribution in [-0.4, -0.2) is 160 Å². The fraction of sp³-hybridized carbons (Fsp3) is 0.605. The number of nitrogens with zero attached hydrogens (tertiary/aromatic N) is 2. The van der Waals surface area contributed by atoms with Gasteiger partial charge < -0.3 is 73.6 Å². The lowest BCUT2D eigenvalue weighted by molar-refractivity contribution is -0.160. The summed E-state index contributed by atoms with van der Waals surface area (Å²) in [5.74, 6) is -10.4. The number of aliphatic carboxylic acids is 1. The van der Waals surface area contributed by atoms with Crippen LogP contribution in [0.15, 0.2) is 29.3 Å². The molecule has 0 bridgehead atoms. The fourth-order valence-corrected chi connectivity index (χ4v) is 7.21. The van der Waals surface area contributed by atoms with Gasteiger partial charge in [0.15, 0.2) is 5.96 Å². The lowest BCUT2D eigenvalue weighted by Gasteiger charge is -2.32. The number of benzene rings is 1. The van der Waals surface area contributed by atoms with Crippen molar-refractivity contribution in [3.8, 4) is 5.75 Å². The van der Waals surface area contributed by atoms with Crippen molar-refractivity contribution < 1.29 is 68.0 Å². The van der Waals surface area contributed by atoms with E-state index in [1.54, 1.807) is 13.8 Å². The summed E-state index contributed by atoms with van der Waals surface area (Å²) in [6.07, 6.45) is -4.65. The van der Waals surface area contributed by atoms with Crippen LogP contribution in [0.4, 0.5) is 0 Å². The summed E-state index contributed by atoms with van der Waals surface area (Å²) >= 11 is 0. The highest BCUT2D eigenvalue weighted by Gasteiger charge is 2.40. The number of nitrogens with one attached hydrogen (secondary N) is 7. The van der Waals surface area contributed by atoms with Crippen molar-refractivity contribution in [3.05, 3.63) is 29.8 Å². The molecule has 10 atom stereocenters. The monoisotopic (exact) mass is 959 g/mol. The topological polar surface area (TPSA) is 392 Å². The molecule has 0 spiro atoms. The number of hydrogen-bond acceptors (Lipinski definition) is 14. The predicted octanol–water partition coefficient (Wildman–Crippen LogP) is -3.74. The van der Waals surface area contributed by atoms with Crippen LogP contribution in [0.2, 0.25) is 0 Å². The van der Waals surface area contributed by atoms with Gasteiger partial charge in [0.25, 0.3) is 0 Å². The molecule has 2 aliphatic rings. The lowest BCUT2D eigenvalue weighted by atomic mass is 10.00. The molecule has 0 saturated carbocycles. The van der Waals surface area contributed by atoms with Crippen molar-refractivity contribution in [3.63, 3.8) is 0 Å². The number of aliphatic hydroxyl groups excluding tert-OH is 1. The molecular formula is C43H65N11O14. The number of hydrogen-bond donors (Lipinski definition) is 12. The molecule has 2 heterocycles. The summed E-state index contributed by atoms with van der Waals surface area (Å²) in [4.78, 5) is 141. The van der Waals surface area contributed by atoms with Gasteiger partial charge in [-0.15, -0.1) is 0 Å². The van der Waals surface area contributed by atoms with Gasteiger partial charge in [0.05, 0.1) is 6.10 Å². The van der Waals surface area contributed by atoms with Crippen molar-refractivity contribution in [2.24, 2.45) is 22.4 Å². The number of phenols is 1. The number of carboxylic acid groups (broad SMARTS) is 1. The van der Waals surface area contributed by atoms with Crippen LogP contribution >= 0.6 is 0 Å². The van der Waals surface area contributed by atoms with Gasteiger partial charge in [-0.3, -0.25) is 48.1 Å². The van der Waals surface area contributed by atoms with Crippen LogP contribution in [0.5, 0.6) is 5.75 Å². The van der Waals surface area contributed by atoms with Gasteiger partial charge in [0, 0.05) is 32.9 Å². The molecule has 2 fully saturated rings. The summed E-state index contributed by atoms with van der Waals surface area (Å²) in [7, 11) is 1.21. The van der Waals surface area contributed by atoms with E-state index in [4.69, 9.17) is 16.2 Å². The number of amides is 8. The molecule has 68 heavy (non-hydrogen) atoms. The molecule has 0 radical (unpaired) electrons. The molecule has 0 aliphatic carbocycles. The molecule has 376 valence electrons. The van der Waals surface area contributed by atoms with E-state index in [1.165, 1.54) is 45.2 Å². The SMILES string of the molecule is CC(C)CC1NC(=O)[C@H](CCCN=C(N)N)NC(=O)C([C@@H](C)O)NC(=O)[C@@H](NC(=O)[C@@H]2CCC(=O)N2)[C@@H](C)OC(=O)[C@H](C)N(C)C(=O)[C@H](Cc2ccc(O)cc2)NC(=O)C(CCC(=O)O)NC1=O. The Balaban J connectivity index is 2.20. The van der Waals surface area contributed by atoms with Gasteiger partial charge in [-0.2, -0.15) is 0 Å². The highest BCUT2D eigenvalue weighted by atomic mass is 16.5. The second kappa shape index (κ2) is 25.7. The zero-order chi connectivity index (χ0) is 51.0. The number of guanidine groups is 1. The van der Waals surface area contributed by atoms with E-state index in [9.17, 15) is 63.3 Å². The first-order valence-electron chi connectivity index (χ1n) is 22.2. The second-order valence-corrected chi connectivity index (χ2v) is 17.3. The maximum Gasteiger partial charge on any atom is 0.328 e. The number of ether oxygens (including phenoxy) is 1. The molecule has 3 unspecified atom stereocenters. The number of likely N-dealkylation sites (N-methyl/N-ethyl adjacent to an activating group) is 1. The number of esters is 1. The quantitative estimate of drug-likeness (QED) is 0.0369. The molecule has 1 aromatic rings. The van der Waals surface area contributed by atoms with E-state index in [0.29, 0.717) is 5.56 Å². The van der Waals surface area contributed by atoms with Crippen LogP contribution in [0.1, 0.15) is 85.1 Å². The molecule has 0 aromatic heterocycles. The molecule has 14 N–H and O–H groups in total. The average molecular weight is 960 g/mol. The van der Waals surface area contributed by atoms with Crippen LogP contribution in [0, 0.1) is 5.92 Å². The third-order valence-electron chi connectivity index (χ3n) is 11.2. The van der Waals surface area contributed by atoms with Crippen LogP contribution in [0.25, 0.3) is 0 Å². The Morgan fingerprint density at radius 1 is 0.824 bits per heavy atom. The van der Waals surface area contributed by atoms with E-state index in [1.807, 2.05) is 0 Å². The number of nitrogens with two attached hydrogens (primary N) is 2. The van der Waals surface area contributed by atoms with Crippen molar-refractivity contribution in [1.82, 2.24) is 42.1 Å². The molecule has 25 heteroatoms. The number of aromatic hydroxyl groups is 1. The number of aliphatic imine (C=N–C) groups is 1. The first-order valence-corrected chi connectivity index (χ1v) is 22.2. The molecule has 2 saturated heterocycles. The first kappa shape index (κ1) is 55.3. The Morgan fingerprint density at radius 3 is 1.96 bits per heavy atom. The third kappa shape index (κ3) is 17.0. The van der Waals surface area contributed by atoms with Crippen molar-refractivity contribution in [2.45, 2.75) is 147 Å². The Labute approximate surface area is 392 Å². The highest BCUT2D eigenvalue weighted by Crippen LogP contribution is 2.16. The number of aliphatic hydroxyl groups is 1. The predicted molar refractivity (Wildman–Crippen MR) is 240 cm³/mol. The number of carbonyl (C=O) groups is 10. The van der Waals surface area contributed by atoms with E-state index in [0.717, 1.165) is 11.8 Å². The number of rotatable bonds is 14. The fourth-order valence-electron chi connectivity index (χ4n) is 7.21. The molecular weight excluding hydrogens is 895 g/mol. The molecule has 1 aromatic carbocycles. The van der Waals surface area contributed by atoms with Gasteiger partial charge in [-0.25, -0.2) is 4.79 Å². The summed E-state index contributed by atoms with van der Waals surface area (Å²) in [6.45, 7) is 7.09. The Bertz CT molecular complexity index is 2050. The van der Waals surface area contributed by atoms with Crippen molar-refractivity contribution in [2.75, 3.05) is 13.6 Å². The Kier molecular flexibility index (Phi) is 20.9. The minimum absolute atomic E-state index is 0.00239. The molecule has 2 aliphatic heterocycles. The summed E-state index contributed by atoms with van der Waals surface area (Å²) in [5.41, 5.74) is 11.3. The largest absolute Gasteiger partial charge is 0.508 e. The number of carboxylic acids is 1. The van der Waals surface area contributed by atoms with E-state index >= 15 is 0 Å². The van der Waals surface area contributed by atoms with Crippen LogP contribution in [0.3, 0.4) is 0 Å². The summed E-state index contributed by atoms with van der Waals surface area (Å²) < 4.78 is 5.64. The van der Waals surface area contributed by atoms with Crippen molar-refractivity contribution >= 4 is 65.2 Å². The minimum atomic E-state index is -1.83. The maximum absolute atomic E-state index is 14.3. The number of carbonyl (C=O) groups excluding carboxylic acids is 9. The summed E-state index contributed by atoms with van der Waals surface area (Å²) in [5, 5.41) is 47.7. The van der Waals surface area contributed by atoms with E-state index in [-0.39, 0.29) is 62.7 Å². The van der Waals surface area contributed by atoms with E-state index in [2.05, 4.69) is 42.2 Å². The lowest BCUT2D eigenvalue weighted by Crippen LogP contribution is -2.63. The molecule has 3 rings (SSSR count). The van der Waals surface area contributed by atoms with Crippen molar-refractivity contribution in [1.29, 1.82) is 0 Å². The van der Waals surface area contributed by atoms with Gasteiger partial charge in [-0.1, -0.05) is 26.0 Å². The normalized spacial score (nSPS) is 26.6. The zero-order valence-corrected chi connectivity index (χ0v) is 38.9. The minimum Gasteiger partial charge on any atom is -0.508 e. The first-order chi connectivity index (χ1) is 31.9. The van der Waals surface area contributed by atoms with Gasteiger partial charge in [-0.05, 0) is 76.5 Å². The maximum atomic E-state index is 14.3. The summed E-state index contributed by atoms with van der Waals surface area (Å²) in [6, 6.07) is -6.61. The van der Waals surface area contributed by atoms with Gasteiger partial charge in [0.1, 0.15) is 60.2 Å². The standard InChI is InChI=1S/C43H65N11O14/c1-20(2)18-29-38(63)48-28(14-16-32(58)59)36(61)51-30(19-24-9-11-25(56)12-10-24)41(66)54(6)21(3)42(67)68-23(5)34(53-37(62)27-13-15-31(57)47-27)40(65)52-33(22(4)55)39(64)49-26(35(60)50-29)8-7-17-46-43(44)45/h9-12,20-23,26-30,33-34,55-56H,7-8,13-19H2,1-6H3,(H,47,57)(H,48,63)(H,49,64)(H,50,60)(H,51,61)(H,52,65)(H,53,62)(H,58,59)(H4,44,45,46)/t21-,22+,23+,26-,27-,28?,29?,30-,33?,34-/m0/s1. The second-order valence-electron chi connectivity index (χ2n) is 17.3.